The lowest BCUT2D eigenvalue weighted by atomic mass is 10.0. The van der Waals surface area contributed by atoms with Gasteiger partial charge >= 0.3 is 5.97 Å². The molecule has 7 heteroatoms. The smallest absolute Gasteiger partial charge is 0.302 e. The van der Waals surface area contributed by atoms with Crippen molar-refractivity contribution >= 4 is 32.0 Å². The SMILES string of the molecule is CC(=O)OC[C@H](CCc1ccc(Br)cc1)COS(C)(=O)=O. The number of carbonyl (C=O) groups excluding carboxylic acids is 1. The standard InChI is InChI=1S/C14H19BrO5S/c1-11(16)19-9-13(10-20-21(2,17)18)4-3-12-5-7-14(15)8-6-12/h5-8,13H,3-4,9-10H2,1-2H3/t13-/m0/s1. The number of esters is 1. The first-order valence-corrected chi connectivity index (χ1v) is 9.09. The second-order valence-corrected chi connectivity index (χ2v) is 7.38. The summed E-state index contributed by atoms with van der Waals surface area (Å²) in [5.41, 5.74) is 1.13. The summed E-state index contributed by atoms with van der Waals surface area (Å²) < 4.78 is 32.9. The molecule has 1 atom stereocenters. The third-order valence-corrected chi connectivity index (χ3v) is 3.89. The quantitative estimate of drug-likeness (QED) is 0.513. The van der Waals surface area contributed by atoms with Crippen molar-refractivity contribution in [1.82, 2.24) is 0 Å². The van der Waals surface area contributed by atoms with E-state index in [9.17, 15) is 13.2 Å². The lowest BCUT2D eigenvalue weighted by molar-refractivity contribution is -0.142. The van der Waals surface area contributed by atoms with E-state index < -0.39 is 10.1 Å². The van der Waals surface area contributed by atoms with Gasteiger partial charge in [0.25, 0.3) is 10.1 Å². The first kappa shape index (κ1) is 18.1. The van der Waals surface area contributed by atoms with Crippen molar-refractivity contribution in [3.05, 3.63) is 34.3 Å². The number of hydrogen-bond donors (Lipinski definition) is 0. The van der Waals surface area contributed by atoms with Gasteiger partial charge in [0.1, 0.15) is 0 Å². The van der Waals surface area contributed by atoms with E-state index in [1.54, 1.807) is 0 Å². The van der Waals surface area contributed by atoms with Crippen molar-refractivity contribution in [3.63, 3.8) is 0 Å². The maximum atomic E-state index is 11.1. The number of aryl methyl sites for hydroxylation is 1. The van der Waals surface area contributed by atoms with Gasteiger partial charge in [-0.15, -0.1) is 0 Å². The predicted molar refractivity (Wildman–Crippen MR) is 83.4 cm³/mol. The molecule has 0 amide bonds. The van der Waals surface area contributed by atoms with Gasteiger partial charge in [-0.2, -0.15) is 8.42 Å². The molecule has 5 nitrogen and oxygen atoms in total. The van der Waals surface area contributed by atoms with Gasteiger partial charge in [-0.1, -0.05) is 28.1 Å². The molecule has 0 spiro atoms. The van der Waals surface area contributed by atoms with Crippen LogP contribution in [0.3, 0.4) is 0 Å². The summed E-state index contributed by atoms with van der Waals surface area (Å²) in [4.78, 5) is 10.9. The maximum Gasteiger partial charge on any atom is 0.302 e. The molecule has 0 fully saturated rings. The van der Waals surface area contributed by atoms with E-state index in [0.717, 1.165) is 22.7 Å². The Balaban J connectivity index is 2.54. The summed E-state index contributed by atoms with van der Waals surface area (Å²) in [6, 6.07) is 7.88. The molecular weight excluding hydrogens is 360 g/mol. The van der Waals surface area contributed by atoms with Gasteiger partial charge in [-0.3, -0.25) is 8.98 Å². The highest BCUT2D eigenvalue weighted by atomic mass is 79.9. The first-order chi connectivity index (χ1) is 9.76. The summed E-state index contributed by atoms with van der Waals surface area (Å²) >= 11 is 3.37. The van der Waals surface area contributed by atoms with E-state index in [0.29, 0.717) is 6.42 Å². The largest absolute Gasteiger partial charge is 0.465 e. The molecule has 0 radical (unpaired) electrons. The molecule has 0 aliphatic rings. The van der Waals surface area contributed by atoms with Crippen molar-refractivity contribution in [3.8, 4) is 0 Å². The van der Waals surface area contributed by atoms with Crippen LogP contribution >= 0.6 is 15.9 Å². The summed E-state index contributed by atoms with van der Waals surface area (Å²) in [5, 5.41) is 0. The van der Waals surface area contributed by atoms with Gasteiger partial charge in [0.05, 0.1) is 19.5 Å². The summed E-state index contributed by atoms with van der Waals surface area (Å²) in [6.45, 7) is 1.49. The molecule has 0 aromatic heterocycles. The Bertz CT molecular complexity index is 553. The normalized spacial score (nSPS) is 12.9. The fraction of sp³-hybridized carbons (Fsp3) is 0.500. The van der Waals surface area contributed by atoms with Crippen LogP contribution in [0.1, 0.15) is 18.9 Å². The van der Waals surface area contributed by atoms with Crippen LogP contribution in [0.2, 0.25) is 0 Å². The molecule has 0 saturated carbocycles. The third kappa shape index (κ3) is 8.85. The zero-order valence-electron chi connectivity index (χ0n) is 12.0. The van der Waals surface area contributed by atoms with Crippen LogP contribution in [0.25, 0.3) is 0 Å². The van der Waals surface area contributed by atoms with Crippen LogP contribution in [0.4, 0.5) is 0 Å². The fourth-order valence-electron chi connectivity index (χ4n) is 1.69. The number of benzene rings is 1. The Morgan fingerprint density at radius 1 is 1.24 bits per heavy atom. The molecule has 1 rings (SSSR count). The van der Waals surface area contributed by atoms with Crippen molar-refractivity contribution in [1.29, 1.82) is 0 Å². The Morgan fingerprint density at radius 2 is 1.86 bits per heavy atom. The second-order valence-electron chi connectivity index (χ2n) is 4.82. The molecule has 0 aliphatic carbocycles. The predicted octanol–water partition coefficient (Wildman–Crippen LogP) is 2.54. The molecule has 0 heterocycles. The Kier molecular flexibility index (Phi) is 7.34. The van der Waals surface area contributed by atoms with E-state index in [1.807, 2.05) is 24.3 Å². The average molecular weight is 379 g/mol. The third-order valence-electron chi connectivity index (χ3n) is 2.79. The Labute approximate surface area is 133 Å². The van der Waals surface area contributed by atoms with E-state index in [-0.39, 0.29) is 25.1 Å². The molecule has 118 valence electrons. The molecule has 21 heavy (non-hydrogen) atoms. The highest BCUT2D eigenvalue weighted by Crippen LogP contribution is 2.15. The number of rotatable bonds is 8. The lowest BCUT2D eigenvalue weighted by Gasteiger charge is -2.16. The van der Waals surface area contributed by atoms with Crippen LogP contribution in [0.5, 0.6) is 0 Å². The van der Waals surface area contributed by atoms with Gasteiger partial charge in [-0.05, 0) is 30.5 Å². The topological polar surface area (TPSA) is 69.7 Å². The number of ether oxygens (including phenoxy) is 1. The van der Waals surface area contributed by atoms with Gasteiger partial charge in [0.15, 0.2) is 0 Å². The van der Waals surface area contributed by atoms with E-state index in [4.69, 9.17) is 8.92 Å². The molecule has 1 aromatic carbocycles. The Morgan fingerprint density at radius 3 is 2.38 bits per heavy atom. The van der Waals surface area contributed by atoms with Gasteiger partial charge in [0.2, 0.25) is 0 Å². The highest BCUT2D eigenvalue weighted by molar-refractivity contribution is 9.10. The number of hydrogen-bond acceptors (Lipinski definition) is 5. The summed E-state index contributed by atoms with van der Waals surface area (Å²) in [6.07, 6.45) is 2.43. The molecule has 0 N–H and O–H groups in total. The average Bonchev–Trinajstić information content (AvgIpc) is 2.38. The number of halogens is 1. The van der Waals surface area contributed by atoms with Crippen LogP contribution in [0.15, 0.2) is 28.7 Å². The van der Waals surface area contributed by atoms with Crippen molar-refractivity contribution in [2.24, 2.45) is 5.92 Å². The van der Waals surface area contributed by atoms with Crippen LogP contribution in [0, 0.1) is 5.92 Å². The van der Waals surface area contributed by atoms with Gasteiger partial charge in [0, 0.05) is 17.3 Å². The molecular formula is C14H19BrO5S. The molecule has 1 aromatic rings. The van der Waals surface area contributed by atoms with Gasteiger partial charge in [-0.25, -0.2) is 0 Å². The molecule has 0 saturated heterocycles. The fourth-order valence-corrected chi connectivity index (χ4v) is 2.40. The van der Waals surface area contributed by atoms with Gasteiger partial charge < -0.3 is 4.74 Å². The monoisotopic (exact) mass is 378 g/mol. The zero-order valence-corrected chi connectivity index (χ0v) is 14.4. The van der Waals surface area contributed by atoms with Crippen molar-refractivity contribution < 1.29 is 22.1 Å². The van der Waals surface area contributed by atoms with E-state index in [1.165, 1.54) is 6.92 Å². The zero-order chi connectivity index (χ0) is 15.9. The van der Waals surface area contributed by atoms with E-state index in [2.05, 4.69) is 15.9 Å². The molecule has 0 unspecified atom stereocenters. The molecule has 0 bridgehead atoms. The minimum absolute atomic E-state index is 0.0165. The van der Waals surface area contributed by atoms with Crippen LogP contribution in [-0.4, -0.2) is 33.9 Å². The van der Waals surface area contributed by atoms with Crippen LogP contribution < -0.4 is 0 Å². The minimum Gasteiger partial charge on any atom is -0.465 e. The van der Waals surface area contributed by atoms with Crippen molar-refractivity contribution in [2.45, 2.75) is 19.8 Å². The maximum absolute atomic E-state index is 11.1. The molecule has 0 aliphatic heterocycles. The Hall–Kier alpha value is -0.920. The highest BCUT2D eigenvalue weighted by Gasteiger charge is 2.14. The lowest BCUT2D eigenvalue weighted by Crippen LogP contribution is -2.20. The second kappa shape index (κ2) is 8.51. The summed E-state index contributed by atoms with van der Waals surface area (Å²) in [7, 11) is -3.49. The first-order valence-electron chi connectivity index (χ1n) is 6.48. The number of carbonyl (C=O) groups is 1. The van der Waals surface area contributed by atoms with Crippen molar-refractivity contribution in [2.75, 3.05) is 19.5 Å². The van der Waals surface area contributed by atoms with E-state index >= 15 is 0 Å². The minimum atomic E-state index is -3.49. The summed E-state index contributed by atoms with van der Waals surface area (Å²) in [5.74, 6) is -0.546. The van der Waals surface area contributed by atoms with Crippen LogP contribution in [-0.2, 0) is 30.3 Å².